The third-order valence-electron chi connectivity index (χ3n) is 1.09. The van der Waals surface area contributed by atoms with Crippen molar-refractivity contribution in [1.82, 2.24) is 4.98 Å². The summed E-state index contributed by atoms with van der Waals surface area (Å²) in [6.45, 7) is 5.92. The number of hydrogen-bond donors (Lipinski definition) is 2. The molecule has 0 bridgehead atoms. The number of anilines is 2. The second kappa shape index (κ2) is 4.55. The van der Waals surface area contributed by atoms with Crippen LogP contribution in [0.25, 0.3) is 0 Å². The number of aryl methyl sites for hydroxylation is 1. The van der Waals surface area contributed by atoms with Crippen LogP contribution in [0.2, 0.25) is 0 Å². The van der Waals surface area contributed by atoms with Gasteiger partial charge >= 0.3 is 0 Å². The van der Waals surface area contributed by atoms with E-state index in [9.17, 15) is 0 Å². The van der Waals surface area contributed by atoms with Gasteiger partial charge in [-0.1, -0.05) is 13.8 Å². The molecule has 11 heavy (non-hydrogen) atoms. The van der Waals surface area contributed by atoms with Crippen molar-refractivity contribution >= 4 is 11.5 Å². The van der Waals surface area contributed by atoms with Crippen LogP contribution in [0.1, 0.15) is 19.4 Å². The van der Waals surface area contributed by atoms with Gasteiger partial charge in [0.25, 0.3) is 0 Å². The highest BCUT2D eigenvalue weighted by Crippen LogP contribution is 2.10. The van der Waals surface area contributed by atoms with Gasteiger partial charge in [-0.05, 0) is 18.6 Å². The van der Waals surface area contributed by atoms with Gasteiger partial charge in [0.05, 0.1) is 5.69 Å². The number of nitrogens with zero attached hydrogens (tertiary/aromatic N) is 1. The fraction of sp³-hybridized carbons (Fsp3) is 0.375. The van der Waals surface area contributed by atoms with E-state index >= 15 is 0 Å². The summed E-state index contributed by atoms with van der Waals surface area (Å²) in [5.74, 6) is 0.403. The topological polar surface area (TPSA) is 64.9 Å². The quantitative estimate of drug-likeness (QED) is 0.594. The second-order valence-electron chi connectivity index (χ2n) is 1.99. The Kier molecular flexibility index (Phi) is 4.03. The molecular formula is C8H15N3. The van der Waals surface area contributed by atoms with Crippen molar-refractivity contribution in [2.75, 3.05) is 11.5 Å². The molecule has 0 atom stereocenters. The fourth-order valence-corrected chi connectivity index (χ4v) is 0.602. The van der Waals surface area contributed by atoms with Crippen molar-refractivity contribution in [3.8, 4) is 0 Å². The highest BCUT2D eigenvalue weighted by atomic mass is 14.9. The van der Waals surface area contributed by atoms with Crippen molar-refractivity contribution in [2.24, 2.45) is 0 Å². The Morgan fingerprint density at radius 3 is 2.18 bits per heavy atom. The summed E-state index contributed by atoms with van der Waals surface area (Å²) in [7, 11) is 0. The monoisotopic (exact) mass is 153 g/mol. The Labute approximate surface area is 67.4 Å². The molecular weight excluding hydrogens is 138 g/mol. The molecule has 1 heterocycles. The number of rotatable bonds is 0. The Morgan fingerprint density at radius 1 is 1.27 bits per heavy atom. The van der Waals surface area contributed by atoms with Gasteiger partial charge in [-0.2, -0.15) is 0 Å². The smallest absolute Gasteiger partial charge is 0.146 e. The molecule has 62 valence electrons. The summed E-state index contributed by atoms with van der Waals surface area (Å²) in [5.41, 5.74) is 12.4. The number of pyridine rings is 1. The molecule has 0 saturated heterocycles. The standard InChI is InChI=1S/C6H9N3.C2H6/c1-4-2-5(7)6(8)9-3-4;1-2/h2-3H,7H2,1H3,(H2,8,9);1-2H3. The summed E-state index contributed by atoms with van der Waals surface area (Å²) in [6.07, 6.45) is 1.69. The van der Waals surface area contributed by atoms with Crippen molar-refractivity contribution in [3.63, 3.8) is 0 Å². The van der Waals surface area contributed by atoms with E-state index in [2.05, 4.69) is 4.98 Å². The molecule has 0 radical (unpaired) electrons. The first-order valence-corrected chi connectivity index (χ1v) is 3.68. The first kappa shape index (κ1) is 9.75. The molecule has 0 fully saturated rings. The minimum atomic E-state index is 0.403. The molecule has 0 aliphatic rings. The van der Waals surface area contributed by atoms with Gasteiger partial charge < -0.3 is 11.5 Å². The molecule has 0 aliphatic carbocycles. The average molecular weight is 153 g/mol. The van der Waals surface area contributed by atoms with Crippen molar-refractivity contribution in [1.29, 1.82) is 0 Å². The minimum Gasteiger partial charge on any atom is -0.396 e. The number of hydrogen-bond acceptors (Lipinski definition) is 3. The summed E-state index contributed by atoms with van der Waals surface area (Å²) < 4.78 is 0. The maximum atomic E-state index is 5.43. The van der Waals surface area contributed by atoms with E-state index < -0.39 is 0 Å². The molecule has 0 aromatic carbocycles. The second-order valence-corrected chi connectivity index (χ2v) is 1.99. The van der Waals surface area contributed by atoms with Gasteiger partial charge in [0, 0.05) is 6.20 Å². The van der Waals surface area contributed by atoms with E-state index in [1.54, 1.807) is 12.3 Å². The summed E-state index contributed by atoms with van der Waals surface area (Å²) in [5, 5.41) is 0. The predicted molar refractivity (Wildman–Crippen MR) is 49.1 cm³/mol. The van der Waals surface area contributed by atoms with Gasteiger partial charge in [-0.15, -0.1) is 0 Å². The first-order chi connectivity index (χ1) is 5.20. The minimum absolute atomic E-state index is 0.403. The molecule has 0 saturated carbocycles. The molecule has 0 spiro atoms. The van der Waals surface area contributed by atoms with Crippen LogP contribution in [0, 0.1) is 6.92 Å². The maximum Gasteiger partial charge on any atom is 0.146 e. The van der Waals surface area contributed by atoms with E-state index in [1.807, 2.05) is 20.8 Å². The molecule has 0 unspecified atom stereocenters. The van der Waals surface area contributed by atoms with Crippen molar-refractivity contribution < 1.29 is 0 Å². The van der Waals surface area contributed by atoms with Gasteiger partial charge in [0.1, 0.15) is 5.82 Å². The van der Waals surface area contributed by atoms with Gasteiger partial charge in [0.15, 0.2) is 0 Å². The molecule has 3 nitrogen and oxygen atoms in total. The summed E-state index contributed by atoms with van der Waals surface area (Å²) in [4.78, 5) is 3.83. The van der Waals surface area contributed by atoms with Crippen LogP contribution < -0.4 is 11.5 Å². The van der Waals surface area contributed by atoms with Crippen molar-refractivity contribution in [2.45, 2.75) is 20.8 Å². The van der Waals surface area contributed by atoms with Gasteiger partial charge in [-0.25, -0.2) is 4.98 Å². The Morgan fingerprint density at radius 2 is 1.82 bits per heavy atom. The molecule has 1 aromatic rings. The number of nitrogens with two attached hydrogens (primary N) is 2. The molecule has 3 heteroatoms. The lowest BCUT2D eigenvalue weighted by Gasteiger charge is -1.97. The Balaban J connectivity index is 0.000000461. The summed E-state index contributed by atoms with van der Waals surface area (Å²) in [6, 6.07) is 1.79. The zero-order chi connectivity index (χ0) is 8.85. The zero-order valence-electron chi connectivity index (χ0n) is 7.26. The van der Waals surface area contributed by atoms with Crippen LogP contribution in [0.5, 0.6) is 0 Å². The normalized spacial score (nSPS) is 8.27. The third-order valence-corrected chi connectivity index (χ3v) is 1.09. The molecule has 0 aliphatic heterocycles. The lowest BCUT2D eigenvalue weighted by Crippen LogP contribution is -1.97. The van der Waals surface area contributed by atoms with Crippen LogP contribution >= 0.6 is 0 Å². The van der Waals surface area contributed by atoms with Gasteiger partial charge in [-0.3, -0.25) is 0 Å². The molecule has 4 N–H and O–H groups in total. The maximum absolute atomic E-state index is 5.43. The number of nitrogen functional groups attached to an aromatic ring is 2. The van der Waals surface area contributed by atoms with E-state index in [0.29, 0.717) is 11.5 Å². The van der Waals surface area contributed by atoms with E-state index in [1.165, 1.54) is 0 Å². The van der Waals surface area contributed by atoms with E-state index in [-0.39, 0.29) is 0 Å². The fourth-order valence-electron chi connectivity index (χ4n) is 0.602. The Bertz CT molecular complexity index is 221. The highest BCUT2D eigenvalue weighted by molar-refractivity contribution is 5.58. The van der Waals surface area contributed by atoms with Crippen LogP contribution in [-0.4, -0.2) is 4.98 Å². The number of aromatic nitrogens is 1. The molecule has 1 aromatic heterocycles. The summed E-state index contributed by atoms with van der Waals surface area (Å²) >= 11 is 0. The lowest BCUT2D eigenvalue weighted by molar-refractivity contribution is 1.28. The zero-order valence-corrected chi connectivity index (χ0v) is 7.26. The SMILES string of the molecule is CC.Cc1cnc(N)c(N)c1. The average Bonchev–Trinajstić information content (AvgIpc) is 2.02. The molecule has 1 rings (SSSR count). The van der Waals surface area contributed by atoms with Gasteiger partial charge in [0.2, 0.25) is 0 Å². The predicted octanol–water partition coefficient (Wildman–Crippen LogP) is 1.58. The van der Waals surface area contributed by atoms with E-state index in [0.717, 1.165) is 5.56 Å². The highest BCUT2D eigenvalue weighted by Gasteiger charge is 1.92. The van der Waals surface area contributed by atoms with Crippen LogP contribution in [0.4, 0.5) is 11.5 Å². The first-order valence-electron chi connectivity index (χ1n) is 3.68. The van der Waals surface area contributed by atoms with Crippen molar-refractivity contribution in [3.05, 3.63) is 17.8 Å². The third kappa shape index (κ3) is 2.89. The Hall–Kier alpha value is -1.25. The van der Waals surface area contributed by atoms with Crippen LogP contribution in [0.3, 0.4) is 0 Å². The largest absolute Gasteiger partial charge is 0.396 e. The lowest BCUT2D eigenvalue weighted by atomic mass is 10.3. The van der Waals surface area contributed by atoms with Crippen LogP contribution in [0.15, 0.2) is 12.3 Å². The van der Waals surface area contributed by atoms with Crippen LogP contribution in [-0.2, 0) is 0 Å². The van der Waals surface area contributed by atoms with E-state index in [4.69, 9.17) is 11.5 Å². The molecule has 0 amide bonds.